The summed E-state index contributed by atoms with van der Waals surface area (Å²) < 4.78 is 0. The van der Waals surface area contributed by atoms with Gasteiger partial charge in [0, 0.05) is 6.54 Å². The Bertz CT molecular complexity index is 837. The Morgan fingerprint density at radius 3 is 2.03 bits per heavy atom. The lowest BCUT2D eigenvalue weighted by atomic mass is 9.99. The summed E-state index contributed by atoms with van der Waals surface area (Å²) >= 11 is 0. The Labute approximate surface area is 228 Å². The first-order valence-corrected chi connectivity index (χ1v) is 12.9. The lowest BCUT2D eigenvalue weighted by molar-refractivity contribution is -0.143. The van der Waals surface area contributed by atoms with Crippen molar-refractivity contribution >= 4 is 35.6 Å². The number of hydrogen-bond acceptors (Lipinski definition) is 9. The van der Waals surface area contributed by atoms with Crippen molar-refractivity contribution in [3.8, 4) is 0 Å². The number of hydrogen-bond donors (Lipinski definition) is 10. The standard InChI is InChI=1S/C23H45N9O7/c1-3-13(2)18(22(38)39)32-17(34)11-29-20(36)15(8-6-10-28-23(26)27)31-21(37)16(7-4-5-9-24)30-19(35)14(25)12-33/h13-16,18,33H,3-12,24-25H2,1-2H3,(H,29,36)(H,30,35)(H,31,37)(H,32,34)(H,38,39)(H4,26,27,28)/t13-,14-,15-,16-,18-/m0/s1. The van der Waals surface area contributed by atoms with Gasteiger partial charge in [-0.3, -0.25) is 24.2 Å². The number of carboxylic acid groups (broad SMARTS) is 1. The van der Waals surface area contributed by atoms with Gasteiger partial charge in [0.1, 0.15) is 24.2 Å². The average molecular weight is 560 g/mol. The van der Waals surface area contributed by atoms with Crippen molar-refractivity contribution in [3.05, 3.63) is 0 Å². The van der Waals surface area contributed by atoms with E-state index in [1.165, 1.54) is 0 Å². The zero-order valence-corrected chi connectivity index (χ0v) is 22.7. The zero-order chi connectivity index (χ0) is 30.0. The van der Waals surface area contributed by atoms with Gasteiger partial charge in [-0.15, -0.1) is 0 Å². The minimum atomic E-state index is -1.24. The summed E-state index contributed by atoms with van der Waals surface area (Å²) in [5.74, 6) is -4.53. The van der Waals surface area contributed by atoms with Gasteiger partial charge in [-0.05, 0) is 44.6 Å². The zero-order valence-electron chi connectivity index (χ0n) is 22.7. The third-order valence-electron chi connectivity index (χ3n) is 5.91. The molecule has 0 spiro atoms. The van der Waals surface area contributed by atoms with Crippen LogP contribution in [-0.4, -0.2) is 96.2 Å². The van der Waals surface area contributed by atoms with Crippen LogP contribution >= 0.6 is 0 Å². The monoisotopic (exact) mass is 559 g/mol. The van der Waals surface area contributed by atoms with Crippen LogP contribution in [0, 0.1) is 5.92 Å². The number of guanidine groups is 1. The number of nitrogens with one attached hydrogen (secondary N) is 4. The highest BCUT2D eigenvalue weighted by molar-refractivity contribution is 5.94. The van der Waals surface area contributed by atoms with Crippen molar-refractivity contribution in [1.82, 2.24) is 21.3 Å². The number of nitrogens with zero attached hydrogens (tertiary/aromatic N) is 1. The summed E-state index contributed by atoms with van der Waals surface area (Å²) in [6, 6.07) is -4.57. The molecule has 224 valence electrons. The van der Waals surface area contributed by atoms with Crippen LogP contribution in [-0.2, 0) is 24.0 Å². The van der Waals surface area contributed by atoms with Gasteiger partial charge >= 0.3 is 5.97 Å². The van der Waals surface area contributed by atoms with Crippen molar-refractivity contribution in [2.75, 3.05) is 26.2 Å². The predicted octanol–water partition coefficient (Wildman–Crippen LogP) is -3.81. The molecule has 0 heterocycles. The smallest absolute Gasteiger partial charge is 0.326 e. The molecule has 0 aliphatic rings. The molecule has 0 aromatic rings. The van der Waals surface area contributed by atoms with Crippen LogP contribution in [0.25, 0.3) is 0 Å². The molecule has 0 aliphatic heterocycles. The van der Waals surface area contributed by atoms with Crippen LogP contribution in [0.15, 0.2) is 4.99 Å². The number of carbonyl (C=O) groups is 5. The number of unbranched alkanes of at least 4 members (excludes halogenated alkanes) is 1. The number of amides is 4. The van der Waals surface area contributed by atoms with Crippen LogP contribution in [0.4, 0.5) is 0 Å². The summed E-state index contributed by atoms with van der Waals surface area (Å²) in [5, 5.41) is 28.3. The molecule has 0 aromatic heterocycles. The maximum absolute atomic E-state index is 13.1. The number of carboxylic acids is 1. The third kappa shape index (κ3) is 14.9. The molecule has 0 saturated heterocycles. The van der Waals surface area contributed by atoms with Crippen molar-refractivity contribution in [3.63, 3.8) is 0 Å². The van der Waals surface area contributed by atoms with Gasteiger partial charge in [-0.2, -0.15) is 0 Å². The van der Waals surface area contributed by atoms with Crippen LogP contribution < -0.4 is 44.2 Å². The lowest BCUT2D eigenvalue weighted by Gasteiger charge is -2.24. The van der Waals surface area contributed by atoms with Crippen LogP contribution in [0.5, 0.6) is 0 Å². The minimum absolute atomic E-state index is 0.0835. The molecule has 0 unspecified atom stereocenters. The highest BCUT2D eigenvalue weighted by atomic mass is 16.4. The molecule has 0 aromatic carbocycles. The van der Waals surface area contributed by atoms with Gasteiger partial charge in [0.2, 0.25) is 23.6 Å². The van der Waals surface area contributed by atoms with Gasteiger partial charge in [-0.25, -0.2) is 4.79 Å². The molecular formula is C23H45N9O7. The second-order valence-corrected chi connectivity index (χ2v) is 9.13. The van der Waals surface area contributed by atoms with E-state index in [2.05, 4.69) is 26.3 Å². The van der Waals surface area contributed by atoms with E-state index in [4.69, 9.17) is 28.0 Å². The molecular weight excluding hydrogens is 514 g/mol. The van der Waals surface area contributed by atoms with Crippen LogP contribution in [0.2, 0.25) is 0 Å². The lowest BCUT2D eigenvalue weighted by Crippen LogP contribution is -2.57. The highest BCUT2D eigenvalue weighted by Gasteiger charge is 2.29. The summed E-state index contributed by atoms with van der Waals surface area (Å²) in [7, 11) is 0. The van der Waals surface area contributed by atoms with Gasteiger partial charge in [-0.1, -0.05) is 20.3 Å². The van der Waals surface area contributed by atoms with E-state index in [-0.39, 0.29) is 37.7 Å². The second-order valence-electron chi connectivity index (χ2n) is 9.13. The van der Waals surface area contributed by atoms with Gasteiger partial charge in [0.05, 0.1) is 13.2 Å². The normalized spacial score (nSPS) is 14.6. The van der Waals surface area contributed by atoms with E-state index in [0.717, 1.165) is 0 Å². The molecule has 0 rings (SSSR count). The highest BCUT2D eigenvalue weighted by Crippen LogP contribution is 2.08. The molecule has 39 heavy (non-hydrogen) atoms. The summed E-state index contributed by atoms with van der Waals surface area (Å²) in [6.07, 6.45) is 2.16. The Morgan fingerprint density at radius 2 is 1.49 bits per heavy atom. The summed E-state index contributed by atoms with van der Waals surface area (Å²) in [5.41, 5.74) is 21.7. The third-order valence-corrected chi connectivity index (χ3v) is 5.91. The second kappa shape index (κ2) is 19.6. The van der Waals surface area contributed by atoms with E-state index < -0.39 is 66.9 Å². The van der Waals surface area contributed by atoms with E-state index in [1.807, 2.05) is 0 Å². The fourth-order valence-electron chi connectivity index (χ4n) is 3.37. The number of aliphatic hydroxyl groups excluding tert-OH is 1. The molecule has 0 fully saturated rings. The van der Waals surface area contributed by atoms with E-state index in [0.29, 0.717) is 25.8 Å². The fraction of sp³-hybridized carbons (Fsp3) is 0.739. The van der Waals surface area contributed by atoms with E-state index in [1.54, 1.807) is 13.8 Å². The average Bonchev–Trinajstić information content (AvgIpc) is 2.89. The summed E-state index contributed by atoms with van der Waals surface area (Å²) in [6.45, 7) is 2.85. The molecule has 14 N–H and O–H groups in total. The molecule has 0 aliphatic carbocycles. The molecule has 16 nitrogen and oxygen atoms in total. The van der Waals surface area contributed by atoms with Gasteiger partial charge < -0.3 is 54.4 Å². The first-order chi connectivity index (χ1) is 18.4. The SMILES string of the molecule is CC[C@H](C)[C@H](NC(=O)CNC(=O)[C@H](CCCN=C(N)N)NC(=O)[C@H](CCCCN)NC(=O)[C@@H](N)CO)C(=O)O. The van der Waals surface area contributed by atoms with E-state index >= 15 is 0 Å². The van der Waals surface area contributed by atoms with Crippen molar-refractivity contribution in [1.29, 1.82) is 0 Å². The number of aliphatic hydroxyl groups is 1. The number of nitrogens with two attached hydrogens (primary N) is 4. The topological polar surface area (TPSA) is 290 Å². The maximum Gasteiger partial charge on any atom is 0.326 e. The van der Waals surface area contributed by atoms with Crippen molar-refractivity contribution in [2.24, 2.45) is 33.8 Å². The van der Waals surface area contributed by atoms with Crippen molar-refractivity contribution < 1.29 is 34.2 Å². The van der Waals surface area contributed by atoms with Gasteiger partial charge in [0.15, 0.2) is 5.96 Å². The van der Waals surface area contributed by atoms with E-state index in [9.17, 15) is 29.1 Å². The van der Waals surface area contributed by atoms with Crippen molar-refractivity contribution in [2.45, 2.75) is 76.5 Å². The Kier molecular flexibility index (Phi) is 17.8. The first kappa shape index (κ1) is 35.5. The Morgan fingerprint density at radius 1 is 0.897 bits per heavy atom. The number of rotatable bonds is 20. The molecule has 0 radical (unpaired) electrons. The number of aliphatic carboxylic acids is 1. The Hall–Kier alpha value is -3.50. The van der Waals surface area contributed by atoms with Crippen LogP contribution in [0.1, 0.15) is 52.4 Å². The largest absolute Gasteiger partial charge is 0.480 e. The molecule has 16 heteroatoms. The van der Waals surface area contributed by atoms with Crippen LogP contribution in [0.3, 0.4) is 0 Å². The summed E-state index contributed by atoms with van der Waals surface area (Å²) in [4.78, 5) is 65.8. The minimum Gasteiger partial charge on any atom is -0.480 e. The molecule has 0 bridgehead atoms. The number of aliphatic imine (C=N–C) groups is 1. The first-order valence-electron chi connectivity index (χ1n) is 12.9. The predicted molar refractivity (Wildman–Crippen MR) is 144 cm³/mol. The fourth-order valence-corrected chi connectivity index (χ4v) is 3.37. The quantitative estimate of drug-likeness (QED) is 0.0391. The molecule has 4 amide bonds. The maximum atomic E-state index is 13.1. The Balaban J connectivity index is 5.49. The molecule has 0 saturated carbocycles. The molecule has 5 atom stereocenters. The number of carbonyl (C=O) groups excluding carboxylic acids is 4. The van der Waals surface area contributed by atoms with Gasteiger partial charge in [0.25, 0.3) is 0 Å².